The molecule has 0 saturated heterocycles. The number of carbonyl (C=O) groups excluding carboxylic acids is 1. The molecule has 0 aromatic heterocycles. The number of ether oxygens (including phenoxy) is 1. The summed E-state index contributed by atoms with van der Waals surface area (Å²) in [5.41, 5.74) is 3.93. The van der Waals surface area contributed by atoms with E-state index in [0.29, 0.717) is 5.75 Å². The molecule has 2 rings (SSSR count). The maximum absolute atomic E-state index is 11.7. The van der Waals surface area contributed by atoms with E-state index in [1.165, 1.54) is 6.21 Å². The number of phenols is 1. The predicted molar refractivity (Wildman–Crippen MR) is 85.3 cm³/mol. The Morgan fingerprint density at radius 2 is 1.95 bits per heavy atom. The average Bonchev–Trinajstić information content (AvgIpc) is 2.55. The standard InChI is InChI=1S/C16H17N3O3/c1-22-15-5-3-2-4-14(15)17-11-16(21)19-18-10-12-6-8-13(20)9-7-12/h2-10,17,20H,11H2,1H3,(H,19,21)/b18-10+. The summed E-state index contributed by atoms with van der Waals surface area (Å²) in [5, 5.41) is 16.0. The van der Waals surface area contributed by atoms with Gasteiger partial charge in [0.2, 0.25) is 0 Å². The zero-order chi connectivity index (χ0) is 15.8. The van der Waals surface area contributed by atoms with E-state index in [0.717, 1.165) is 11.3 Å². The first-order valence-corrected chi connectivity index (χ1v) is 6.67. The van der Waals surface area contributed by atoms with Gasteiger partial charge in [0.15, 0.2) is 0 Å². The molecule has 0 fully saturated rings. The maximum atomic E-state index is 11.7. The number of hydrazone groups is 1. The Kier molecular flexibility index (Phi) is 5.37. The first kappa shape index (κ1) is 15.4. The lowest BCUT2D eigenvalue weighted by Crippen LogP contribution is -2.26. The molecule has 114 valence electrons. The molecule has 0 saturated carbocycles. The number of aromatic hydroxyl groups is 1. The number of carbonyl (C=O) groups is 1. The Labute approximate surface area is 128 Å². The minimum Gasteiger partial charge on any atom is -0.508 e. The van der Waals surface area contributed by atoms with Crippen molar-refractivity contribution < 1.29 is 14.6 Å². The van der Waals surface area contributed by atoms with E-state index in [1.54, 1.807) is 31.4 Å². The van der Waals surface area contributed by atoms with Gasteiger partial charge in [-0.2, -0.15) is 5.10 Å². The molecular formula is C16H17N3O3. The average molecular weight is 299 g/mol. The molecule has 0 aliphatic carbocycles. The predicted octanol–water partition coefficient (Wildman–Crippen LogP) is 1.96. The van der Waals surface area contributed by atoms with Gasteiger partial charge in [-0.05, 0) is 42.0 Å². The summed E-state index contributed by atoms with van der Waals surface area (Å²) >= 11 is 0. The fourth-order valence-corrected chi connectivity index (χ4v) is 1.74. The molecule has 6 nitrogen and oxygen atoms in total. The van der Waals surface area contributed by atoms with Gasteiger partial charge >= 0.3 is 0 Å². The van der Waals surface area contributed by atoms with Crippen molar-refractivity contribution in [3.8, 4) is 11.5 Å². The number of hydrogen-bond donors (Lipinski definition) is 3. The number of anilines is 1. The van der Waals surface area contributed by atoms with Gasteiger partial charge in [-0.3, -0.25) is 4.79 Å². The van der Waals surface area contributed by atoms with Gasteiger partial charge in [0.1, 0.15) is 11.5 Å². The van der Waals surface area contributed by atoms with Crippen LogP contribution in [0.25, 0.3) is 0 Å². The molecular weight excluding hydrogens is 282 g/mol. The molecule has 2 aromatic rings. The Morgan fingerprint density at radius 1 is 1.23 bits per heavy atom. The molecule has 0 aliphatic rings. The Hall–Kier alpha value is -3.02. The zero-order valence-corrected chi connectivity index (χ0v) is 12.1. The second-order valence-electron chi connectivity index (χ2n) is 4.44. The van der Waals surface area contributed by atoms with Crippen molar-refractivity contribution in [3.05, 3.63) is 54.1 Å². The summed E-state index contributed by atoms with van der Waals surface area (Å²) < 4.78 is 5.18. The monoisotopic (exact) mass is 299 g/mol. The van der Waals surface area contributed by atoms with E-state index in [-0.39, 0.29) is 18.2 Å². The third kappa shape index (κ3) is 4.52. The smallest absolute Gasteiger partial charge is 0.259 e. The van der Waals surface area contributed by atoms with Crippen molar-refractivity contribution in [2.45, 2.75) is 0 Å². The maximum Gasteiger partial charge on any atom is 0.259 e. The van der Waals surface area contributed by atoms with Crippen molar-refractivity contribution in [1.82, 2.24) is 5.43 Å². The number of benzene rings is 2. The van der Waals surface area contributed by atoms with Crippen molar-refractivity contribution in [1.29, 1.82) is 0 Å². The van der Waals surface area contributed by atoms with E-state index in [4.69, 9.17) is 9.84 Å². The van der Waals surface area contributed by atoms with Crippen LogP contribution in [0, 0.1) is 0 Å². The molecule has 0 atom stereocenters. The van der Waals surface area contributed by atoms with Crippen LogP contribution < -0.4 is 15.5 Å². The fraction of sp³-hybridized carbons (Fsp3) is 0.125. The van der Waals surface area contributed by atoms with Crippen LogP contribution in [0.5, 0.6) is 11.5 Å². The summed E-state index contributed by atoms with van der Waals surface area (Å²) in [5.74, 6) is 0.575. The number of rotatable bonds is 6. The molecule has 0 unspecified atom stereocenters. The van der Waals surface area contributed by atoms with Crippen molar-refractivity contribution in [2.24, 2.45) is 5.10 Å². The van der Waals surface area contributed by atoms with E-state index >= 15 is 0 Å². The summed E-state index contributed by atoms with van der Waals surface area (Å²) in [6.07, 6.45) is 1.50. The van der Waals surface area contributed by atoms with E-state index in [2.05, 4.69) is 15.8 Å². The minimum atomic E-state index is -0.277. The van der Waals surface area contributed by atoms with Gasteiger partial charge in [-0.1, -0.05) is 12.1 Å². The van der Waals surface area contributed by atoms with Gasteiger partial charge in [0, 0.05) is 0 Å². The highest BCUT2D eigenvalue weighted by molar-refractivity contribution is 5.84. The van der Waals surface area contributed by atoms with Crippen molar-refractivity contribution in [2.75, 3.05) is 19.0 Å². The lowest BCUT2D eigenvalue weighted by Gasteiger charge is -2.09. The number of para-hydroxylation sites is 2. The van der Waals surface area contributed by atoms with Gasteiger partial charge in [0.05, 0.1) is 25.6 Å². The second kappa shape index (κ2) is 7.68. The third-order valence-electron chi connectivity index (χ3n) is 2.84. The van der Waals surface area contributed by atoms with Crippen LogP contribution in [0.3, 0.4) is 0 Å². The number of methoxy groups -OCH3 is 1. The minimum absolute atomic E-state index is 0.0767. The quantitative estimate of drug-likeness (QED) is 0.562. The second-order valence-corrected chi connectivity index (χ2v) is 4.44. The summed E-state index contributed by atoms with van der Waals surface area (Å²) in [4.78, 5) is 11.7. The summed E-state index contributed by atoms with van der Waals surface area (Å²) in [6, 6.07) is 13.8. The van der Waals surface area contributed by atoms with Crippen LogP contribution in [-0.4, -0.2) is 30.9 Å². The molecule has 2 aromatic carbocycles. The Bertz CT molecular complexity index is 654. The van der Waals surface area contributed by atoms with E-state index in [9.17, 15) is 4.79 Å². The highest BCUT2D eigenvalue weighted by Gasteiger charge is 2.03. The number of phenolic OH excluding ortho intramolecular Hbond substituents is 1. The zero-order valence-electron chi connectivity index (χ0n) is 12.1. The van der Waals surface area contributed by atoms with Crippen LogP contribution in [0.2, 0.25) is 0 Å². The number of hydrogen-bond acceptors (Lipinski definition) is 5. The summed E-state index contributed by atoms with van der Waals surface area (Å²) in [7, 11) is 1.57. The van der Waals surface area contributed by atoms with Gasteiger partial charge < -0.3 is 15.2 Å². The largest absolute Gasteiger partial charge is 0.508 e. The van der Waals surface area contributed by atoms with Crippen LogP contribution in [0.15, 0.2) is 53.6 Å². The molecule has 0 bridgehead atoms. The molecule has 22 heavy (non-hydrogen) atoms. The molecule has 0 aliphatic heterocycles. The molecule has 3 N–H and O–H groups in total. The first-order chi connectivity index (χ1) is 10.7. The van der Waals surface area contributed by atoms with Crippen molar-refractivity contribution >= 4 is 17.8 Å². The van der Waals surface area contributed by atoms with E-state index < -0.39 is 0 Å². The number of nitrogens with one attached hydrogen (secondary N) is 2. The Balaban J connectivity index is 1.82. The van der Waals surface area contributed by atoms with Gasteiger partial charge in [0.25, 0.3) is 5.91 Å². The number of nitrogens with zero attached hydrogens (tertiary/aromatic N) is 1. The summed E-state index contributed by atoms with van der Waals surface area (Å²) in [6.45, 7) is 0.0767. The van der Waals surface area contributed by atoms with Crippen molar-refractivity contribution in [3.63, 3.8) is 0 Å². The molecule has 1 amide bonds. The highest BCUT2D eigenvalue weighted by Crippen LogP contribution is 2.22. The van der Waals surface area contributed by atoms with E-state index in [1.807, 2.05) is 24.3 Å². The highest BCUT2D eigenvalue weighted by atomic mass is 16.5. The normalized spacial score (nSPS) is 10.4. The lowest BCUT2D eigenvalue weighted by atomic mass is 10.2. The van der Waals surface area contributed by atoms with Gasteiger partial charge in [-0.15, -0.1) is 0 Å². The third-order valence-corrected chi connectivity index (χ3v) is 2.84. The Morgan fingerprint density at radius 3 is 2.68 bits per heavy atom. The van der Waals surface area contributed by atoms with Crippen LogP contribution in [0.1, 0.15) is 5.56 Å². The van der Waals surface area contributed by atoms with Crippen LogP contribution in [0.4, 0.5) is 5.69 Å². The molecule has 0 radical (unpaired) electrons. The molecule has 0 spiro atoms. The van der Waals surface area contributed by atoms with Crippen LogP contribution in [-0.2, 0) is 4.79 Å². The fourth-order valence-electron chi connectivity index (χ4n) is 1.74. The SMILES string of the molecule is COc1ccccc1NCC(=O)N/N=C/c1ccc(O)cc1. The van der Waals surface area contributed by atoms with Gasteiger partial charge in [-0.25, -0.2) is 5.43 Å². The van der Waals surface area contributed by atoms with Crippen LogP contribution >= 0.6 is 0 Å². The lowest BCUT2D eigenvalue weighted by molar-refractivity contribution is -0.119. The topological polar surface area (TPSA) is 83.0 Å². The molecule has 0 heterocycles. The molecule has 6 heteroatoms. The first-order valence-electron chi connectivity index (χ1n) is 6.67. The number of amides is 1.